The van der Waals surface area contributed by atoms with E-state index >= 15 is 0 Å². The van der Waals surface area contributed by atoms with E-state index in [1.165, 1.54) is 0 Å². The van der Waals surface area contributed by atoms with Crippen LogP contribution < -0.4 is 15.4 Å². The van der Waals surface area contributed by atoms with Gasteiger partial charge in [0.1, 0.15) is 5.75 Å². The van der Waals surface area contributed by atoms with Crippen molar-refractivity contribution >= 4 is 23.2 Å². The summed E-state index contributed by atoms with van der Waals surface area (Å²) in [4.78, 5) is 19.8. The second kappa shape index (κ2) is 10.4. The first-order chi connectivity index (χ1) is 14.5. The van der Waals surface area contributed by atoms with Crippen LogP contribution in [0.3, 0.4) is 0 Å². The summed E-state index contributed by atoms with van der Waals surface area (Å²) in [6, 6.07) is 13.4. The van der Waals surface area contributed by atoms with Crippen molar-refractivity contribution < 1.29 is 9.53 Å². The van der Waals surface area contributed by atoms with Crippen LogP contribution in [-0.2, 0) is 4.79 Å². The number of amides is 1. The van der Waals surface area contributed by atoms with Crippen molar-refractivity contribution in [3.05, 3.63) is 59.9 Å². The number of aromatic nitrogens is 1. The predicted molar refractivity (Wildman–Crippen MR) is 122 cm³/mol. The van der Waals surface area contributed by atoms with Gasteiger partial charge in [0.25, 0.3) is 0 Å². The average molecular weight is 427 g/mol. The molecule has 1 aliphatic heterocycles. The highest BCUT2D eigenvalue weighted by Gasteiger charge is 2.29. The minimum absolute atomic E-state index is 0.0407. The molecule has 1 aromatic carbocycles. The van der Waals surface area contributed by atoms with Crippen LogP contribution in [0.15, 0.2) is 48.7 Å². The lowest BCUT2D eigenvalue weighted by Crippen LogP contribution is -2.48. The molecule has 7 heteroatoms. The van der Waals surface area contributed by atoms with Crippen molar-refractivity contribution in [3.8, 4) is 5.75 Å². The number of likely N-dealkylation sites (tertiary alicyclic amines) is 1. The van der Waals surface area contributed by atoms with Crippen LogP contribution >= 0.6 is 12.2 Å². The predicted octanol–water partition coefficient (Wildman–Crippen LogP) is 3.29. The molecule has 6 nitrogen and oxygen atoms in total. The molecule has 1 unspecified atom stereocenters. The van der Waals surface area contributed by atoms with E-state index in [9.17, 15) is 4.79 Å². The van der Waals surface area contributed by atoms with E-state index in [1.54, 1.807) is 13.3 Å². The Bertz CT molecular complexity index is 851. The average Bonchev–Trinajstić information content (AvgIpc) is 2.77. The van der Waals surface area contributed by atoms with E-state index in [2.05, 4.69) is 34.4 Å². The molecule has 0 saturated carbocycles. The van der Waals surface area contributed by atoms with Gasteiger partial charge >= 0.3 is 0 Å². The summed E-state index contributed by atoms with van der Waals surface area (Å²) < 4.78 is 5.54. The third-order valence-electron chi connectivity index (χ3n) is 5.29. The molecule has 1 fully saturated rings. The van der Waals surface area contributed by atoms with E-state index < -0.39 is 0 Å². The Morgan fingerprint density at radius 2 is 1.83 bits per heavy atom. The van der Waals surface area contributed by atoms with Crippen molar-refractivity contribution in [2.45, 2.75) is 38.8 Å². The van der Waals surface area contributed by atoms with Crippen LogP contribution in [0.25, 0.3) is 0 Å². The number of pyridine rings is 1. The van der Waals surface area contributed by atoms with Gasteiger partial charge < -0.3 is 20.3 Å². The van der Waals surface area contributed by atoms with Crippen LogP contribution in [0.5, 0.6) is 5.75 Å². The van der Waals surface area contributed by atoms with Gasteiger partial charge in [0.05, 0.1) is 18.8 Å². The topological polar surface area (TPSA) is 66.5 Å². The lowest BCUT2D eigenvalue weighted by atomic mass is 9.94. The Kier molecular flexibility index (Phi) is 7.63. The molecule has 0 bridgehead atoms. The fourth-order valence-corrected chi connectivity index (χ4v) is 4.12. The van der Waals surface area contributed by atoms with Crippen molar-refractivity contribution in [1.29, 1.82) is 0 Å². The Morgan fingerprint density at radius 1 is 1.13 bits per heavy atom. The standard InChI is InChI=1S/C23H30N4O2S/c1-16(2)25-23(30)27-14-11-17(12-15-27)22(28)26-21(19-9-6-7-13-24-19)18-8-4-5-10-20(18)29-3/h4-10,13,16-17,21H,11-12,14-15H2,1-3H3,(H,25,30)(H,26,28). The van der Waals surface area contributed by atoms with Crippen molar-refractivity contribution in [2.75, 3.05) is 20.2 Å². The van der Waals surface area contributed by atoms with Crippen molar-refractivity contribution in [1.82, 2.24) is 20.5 Å². The molecule has 1 saturated heterocycles. The number of piperidine rings is 1. The number of rotatable bonds is 6. The first kappa shape index (κ1) is 22.0. The summed E-state index contributed by atoms with van der Waals surface area (Å²) in [5.74, 6) is 0.719. The number of nitrogens with one attached hydrogen (secondary N) is 2. The third kappa shape index (κ3) is 5.48. The van der Waals surface area contributed by atoms with E-state index in [0.717, 1.165) is 48.1 Å². The number of thiocarbonyl (C=S) groups is 1. The number of hydrogen-bond donors (Lipinski definition) is 2. The van der Waals surface area contributed by atoms with E-state index in [1.807, 2.05) is 42.5 Å². The molecule has 2 N–H and O–H groups in total. The van der Waals surface area contributed by atoms with E-state index in [4.69, 9.17) is 17.0 Å². The van der Waals surface area contributed by atoms with Crippen LogP contribution in [0, 0.1) is 5.92 Å². The van der Waals surface area contributed by atoms with Crippen molar-refractivity contribution in [3.63, 3.8) is 0 Å². The summed E-state index contributed by atoms with van der Waals surface area (Å²) in [5, 5.41) is 7.27. The Morgan fingerprint density at radius 3 is 2.47 bits per heavy atom. The van der Waals surface area contributed by atoms with Gasteiger partial charge in [0.15, 0.2) is 5.11 Å². The van der Waals surface area contributed by atoms with Gasteiger partial charge in [-0.1, -0.05) is 24.3 Å². The molecule has 1 aliphatic rings. The molecule has 2 aromatic rings. The zero-order valence-electron chi connectivity index (χ0n) is 17.8. The molecular weight excluding hydrogens is 396 g/mol. The minimum Gasteiger partial charge on any atom is -0.496 e. The normalized spacial score (nSPS) is 15.5. The largest absolute Gasteiger partial charge is 0.496 e. The number of carbonyl (C=O) groups is 1. The van der Waals surface area contributed by atoms with Gasteiger partial charge in [-0.3, -0.25) is 9.78 Å². The van der Waals surface area contributed by atoms with Crippen LogP contribution in [0.2, 0.25) is 0 Å². The SMILES string of the molecule is COc1ccccc1C(NC(=O)C1CCN(C(=S)NC(C)C)CC1)c1ccccn1. The Hall–Kier alpha value is -2.67. The van der Waals surface area contributed by atoms with E-state index in [-0.39, 0.29) is 17.9 Å². The smallest absolute Gasteiger partial charge is 0.224 e. The highest BCUT2D eigenvalue weighted by Crippen LogP contribution is 2.30. The minimum atomic E-state index is -0.364. The molecule has 0 radical (unpaired) electrons. The molecule has 2 heterocycles. The fourth-order valence-electron chi connectivity index (χ4n) is 3.71. The summed E-state index contributed by atoms with van der Waals surface area (Å²) >= 11 is 5.47. The number of carbonyl (C=O) groups excluding carboxylic acids is 1. The second-order valence-corrected chi connectivity index (χ2v) is 8.19. The molecule has 0 aliphatic carbocycles. The highest BCUT2D eigenvalue weighted by atomic mass is 32.1. The van der Waals surface area contributed by atoms with Gasteiger partial charge in [0, 0.05) is 36.8 Å². The summed E-state index contributed by atoms with van der Waals surface area (Å²) in [6.45, 7) is 5.70. The highest BCUT2D eigenvalue weighted by molar-refractivity contribution is 7.80. The third-order valence-corrected chi connectivity index (χ3v) is 5.66. The fraction of sp³-hybridized carbons (Fsp3) is 0.435. The Labute approximate surface area is 184 Å². The molecule has 160 valence electrons. The number of nitrogens with zero attached hydrogens (tertiary/aromatic N) is 2. The van der Waals surface area contributed by atoms with Crippen LogP contribution in [0.4, 0.5) is 0 Å². The molecular formula is C23H30N4O2S. The number of hydrogen-bond acceptors (Lipinski definition) is 4. The monoisotopic (exact) mass is 426 g/mol. The molecule has 1 atom stereocenters. The maximum atomic E-state index is 13.2. The summed E-state index contributed by atoms with van der Waals surface area (Å²) in [7, 11) is 1.64. The summed E-state index contributed by atoms with van der Waals surface area (Å²) in [6.07, 6.45) is 3.28. The molecule has 3 rings (SSSR count). The van der Waals surface area contributed by atoms with Gasteiger partial charge in [0.2, 0.25) is 5.91 Å². The maximum Gasteiger partial charge on any atom is 0.224 e. The van der Waals surface area contributed by atoms with Crippen LogP contribution in [-0.4, -0.2) is 47.1 Å². The first-order valence-corrected chi connectivity index (χ1v) is 10.8. The molecule has 1 aromatic heterocycles. The van der Waals surface area contributed by atoms with E-state index in [0.29, 0.717) is 6.04 Å². The molecule has 30 heavy (non-hydrogen) atoms. The number of benzene rings is 1. The zero-order valence-corrected chi connectivity index (χ0v) is 18.6. The van der Waals surface area contributed by atoms with Crippen LogP contribution in [0.1, 0.15) is 44.0 Å². The number of methoxy groups -OCH3 is 1. The first-order valence-electron chi connectivity index (χ1n) is 10.4. The molecule has 0 spiro atoms. The van der Waals surface area contributed by atoms with Gasteiger partial charge in [-0.2, -0.15) is 0 Å². The maximum absolute atomic E-state index is 13.2. The number of ether oxygens (including phenoxy) is 1. The quantitative estimate of drug-likeness (QED) is 0.691. The summed E-state index contributed by atoms with van der Waals surface area (Å²) in [5.41, 5.74) is 1.68. The molecule has 1 amide bonds. The zero-order chi connectivity index (χ0) is 21.5. The Balaban J connectivity index is 1.71. The van der Waals surface area contributed by atoms with Gasteiger partial charge in [-0.05, 0) is 57.1 Å². The number of para-hydroxylation sites is 1. The lowest BCUT2D eigenvalue weighted by molar-refractivity contribution is -0.126. The second-order valence-electron chi connectivity index (χ2n) is 7.80. The lowest BCUT2D eigenvalue weighted by Gasteiger charge is -2.34. The van der Waals surface area contributed by atoms with Gasteiger partial charge in [-0.15, -0.1) is 0 Å². The van der Waals surface area contributed by atoms with Crippen molar-refractivity contribution in [2.24, 2.45) is 5.92 Å². The van der Waals surface area contributed by atoms with Gasteiger partial charge in [-0.25, -0.2) is 0 Å².